The topological polar surface area (TPSA) is 26.3 Å². The summed E-state index contributed by atoms with van der Waals surface area (Å²) >= 11 is 0. The highest BCUT2D eigenvalue weighted by atomic mass is 32.2. The van der Waals surface area contributed by atoms with Crippen molar-refractivity contribution in [2.24, 2.45) is 0 Å². The van der Waals surface area contributed by atoms with E-state index in [2.05, 4.69) is 18.2 Å². The average Bonchev–Trinajstić information content (AvgIpc) is 2.49. The molecule has 4 heteroatoms. The highest BCUT2D eigenvalue weighted by molar-refractivity contribution is 7.84. The van der Waals surface area contributed by atoms with Crippen molar-refractivity contribution in [3.05, 3.63) is 65.0 Å². The summed E-state index contributed by atoms with van der Waals surface area (Å²) < 4.78 is 30.4. The molecule has 118 valence electrons. The first-order chi connectivity index (χ1) is 10.5. The molecule has 0 aliphatic rings. The van der Waals surface area contributed by atoms with Crippen LogP contribution in [0.5, 0.6) is 5.75 Å². The zero-order valence-electron chi connectivity index (χ0n) is 13.0. The third-order valence-electron chi connectivity index (χ3n) is 3.42. The lowest BCUT2D eigenvalue weighted by atomic mass is 10.1. The molecule has 0 saturated carbocycles. The van der Waals surface area contributed by atoms with E-state index < -0.39 is 10.8 Å². The predicted molar refractivity (Wildman–Crippen MR) is 89.1 cm³/mol. The van der Waals surface area contributed by atoms with E-state index in [9.17, 15) is 8.60 Å². The summed E-state index contributed by atoms with van der Waals surface area (Å²) in [7, 11) is -0.891. The molecule has 0 saturated heterocycles. The lowest BCUT2D eigenvalue weighted by molar-refractivity contribution is 0.318. The molecule has 0 aromatic heterocycles. The molecule has 0 aliphatic carbocycles. The Balaban J connectivity index is 1.74. The zero-order valence-corrected chi connectivity index (χ0v) is 13.8. The third-order valence-corrected chi connectivity index (χ3v) is 4.80. The number of ether oxygens (including phenoxy) is 1. The minimum absolute atomic E-state index is 0.276. The van der Waals surface area contributed by atoms with Gasteiger partial charge in [-0.3, -0.25) is 4.21 Å². The Morgan fingerprint density at radius 3 is 2.55 bits per heavy atom. The van der Waals surface area contributed by atoms with Gasteiger partial charge in [0.2, 0.25) is 0 Å². The summed E-state index contributed by atoms with van der Waals surface area (Å²) in [4.78, 5) is 0. The van der Waals surface area contributed by atoms with Gasteiger partial charge in [-0.1, -0.05) is 23.8 Å². The van der Waals surface area contributed by atoms with Crippen molar-refractivity contribution in [3.63, 3.8) is 0 Å². The van der Waals surface area contributed by atoms with Crippen LogP contribution in [0.1, 0.15) is 23.1 Å². The Hall–Kier alpha value is -1.68. The Morgan fingerprint density at radius 1 is 1.09 bits per heavy atom. The molecular formula is C18H21FO2S. The van der Waals surface area contributed by atoms with Gasteiger partial charge in [-0.05, 0) is 55.7 Å². The van der Waals surface area contributed by atoms with Gasteiger partial charge in [-0.15, -0.1) is 0 Å². The summed E-state index contributed by atoms with van der Waals surface area (Å²) in [6.45, 7) is 4.58. The molecule has 0 unspecified atom stereocenters. The Kier molecular flexibility index (Phi) is 6.13. The van der Waals surface area contributed by atoms with Crippen LogP contribution in [0, 0.1) is 19.7 Å². The largest absolute Gasteiger partial charge is 0.494 e. The molecule has 2 aromatic carbocycles. The average molecular weight is 320 g/mol. The minimum atomic E-state index is -0.891. The van der Waals surface area contributed by atoms with E-state index in [4.69, 9.17) is 4.74 Å². The van der Waals surface area contributed by atoms with E-state index in [0.717, 1.165) is 12.0 Å². The molecule has 0 N–H and O–H groups in total. The van der Waals surface area contributed by atoms with Crippen LogP contribution in [-0.2, 0) is 16.6 Å². The van der Waals surface area contributed by atoms with E-state index in [1.165, 1.54) is 23.3 Å². The first-order valence-electron chi connectivity index (χ1n) is 7.34. The van der Waals surface area contributed by atoms with E-state index in [1.807, 2.05) is 13.8 Å². The molecule has 2 nitrogen and oxygen atoms in total. The summed E-state index contributed by atoms with van der Waals surface area (Å²) in [5.74, 6) is 1.56. The Labute approximate surface area is 133 Å². The minimum Gasteiger partial charge on any atom is -0.494 e. The molecule has 0 radical (unpaired) electrons. The molecule has 0 amide bonds. The van der Waals surface area contributed by atoms with Crippen molar-refractivity contribution in [2.75, 3.05) is 12.4 Å². The molecular weight excluding hydrogens is 299 g/mol. The molecule has 0 bridgehead atoms. The molecule has 2 rings (SSSR count). The van der Waals surface area contributed by atoms with Gasteiger partial charge >= 0.3 is 0 Å². The van der Waals surface area contributed by atoms with E-state index in [0.29, 0.717) is 23.9 Å². The second-order valence-corrected chi connectivity index (χ2v) is 6.95. The first kappa shape index (κ1) is 16.7. The molecule has 0 aliphatic heterocycles. The highest BCUT2D eigenvalue weighted by Gasteiger charge is 2.05. The first-order valence-corrected chi connectivity index (χ1v) is 8.83. The van der Waals surface area contributed by atoms with Crippen molar-refractivity contribution >= 4 is 10.8 Å². The fourth-order valence-corrected chi connectivity index (χ4v) is 3.38. The fourth-order valence-electron chi connectivity index (χ4n) is 2.14. The second-order valence-electron chi connectivity index (χ2n) is 5.37. The van der Waals surface area contributed by atoms with Crippen LogP contribution in [0.3, 0.4) is 0 Å². The SMILES string of the molecule is Cc1ccc(C)c(C[S@@](=O)CCCOc2ccc(F)cc2)c1. The molecule has 22 heavy (non-hydrogen) atoms. The van der Waals surface area contributed by atoms with E-state index >= 15 is 0 Å². The Bertz CT molecular complexity index is 638. The highest BCUT2D eigenvalue weighted by Crippen LogP contribution is 2.14. The van der Waals surface area contributed by atoms with Gasteiger partial charge in [0.1, 0.15) is 11.6 Å². The van der Waals surface area contributed by atoms with Crippen molar-refractivity contribution < 1.29 is 13.3 Å². The number of hydrogen-bond donors (Lipinski definition) is 0. The standard InChI is InChI=1S/C18H21FO2S/c1-14-4-5-15(2)16(12-14)13-22(20)11-3-10-21-18-8-6-17(19)7-9-18/h4-9,12H,3,10-11,13H2,1-2H3/t22-/m0/s1. The fraction of sp³-hybridized carbons (Fsp3) is 0.333. The van der Waals surface area contributed by atoms with Crippen LogP contribution in [0.2, 0.25) is 0 Å². The second kappa shape index (κ2) is 8.08. The normalized spacial score (nSPS) is 12.1. The lowest BCUT2D eigenvalue weighted by Crippen LogP contribution is -2.07. The van der Waals surface area contributed by atoms with Gasteiger partial charge in [-0.2, -0.15) is 0 Å². The van der Waals surface area contributed by atoms with Gasteiger partial charge in [0, 0.05) is 22.3 Å². The number of halogens is 1. The molecule has 0 heterocycles. The monoisotopic (exact) mass is 320 g/mol. The molecule has 2 aromatic rings. The smallest absolute Gasteiger partial charge is 0.123 e. The maximum Gasteiger partial charge on any atom is 0.123 e. The zero-order chi connectivity index (χ0) is 15.9. The molecule has 0 spiro atoms. The van der Waals surface area contributed by atoms with Crippen LogP contribution in [0.4, 0.5) is 4.39 Å². The maximum atomic E-state index is 12.8. The quantitative estimate of drug-likeness (QED) is 0.716. The van der Waals surface area contributed by atoms with Gasteiger partial charge in [0.15, 0.2) is 0 Å². The van der Waals surface area contributed by atoms with Crippen molar-refractivity contribution in [1.82, 2.24) is 0 Å². The molecule has 0 fully saturated rings. The number of aryl methyl sites for hydroxylation is 2. The van der Waals surface area contributed by atoms with E-state index in [-0.39, 0.29) is 5.82 Å². The lowest BCUT2D eigenvalue weighted by Gasteiger charge is -2.08. The summed E-state index contributed by atoms with van der Waals surface area (Å²) in [6, 6.07) is 12.2. The van der Waals surface area contributed by atoms with E-state index in [1.54, 1.807) is 12.1 Å². The summed E-state index contributed by atoms with van der Waals surface area (Å²) in [5, 5.41) is 0. The predicted octanol–water partition coefficient (Wildman–Crippen LogP) is 4.16. The number of benzene rings is 2. The number of rotatable bonds is 7. The third kappa shape index (κ3) is 5.26. The summed E-state index contributed by atoms with van der Waals surface area (Å²) in [6.07, 6.45) is 0.717. The Morgan fingerprint density at radius 2 is 1.82 bits per heavy atom. The van der Waals surface area contributed by atoms with Crippen LogP contribution in [0.15, 0.2) is 42.5 Å². The van der Waals surface area contributed by atoms with Crippen LogP contribution in [0.25, 0.3) is 0 Å². The number of hydrogen-bond acceptors (Lipinski definition) is 2. The molecule has 1 atom stereocenters. The van der Waals surface area contributed by atoms with Crippen LogP contribution >= 0.6 is 0 Å². The maximum absolute atomic E-state index is 12.8. The van der Waals surface area contributed by atoms with Crippen molar-refractivity contribution in [1.29, 1.82) is 0 Å². The van der Waals surface area contributed by atoms with Gasteiger partial charge in [0.25, 0.3) is 0 Å². The summed E-state index contributed by atoms with van der Waals surface area (Å²) in [5.41, 5.74) is 3.52. The van der Waals surface area contributed by atoms with Crippen molar-refractivity contribution in [3.8, 4) is 5.75 Å². The van der Waals surface area contributed by atoms with Crippen LogP contribution in [-0.4, -0.2) is 16.6 Å². The van der Waals surface area contributed by atoms with Crippen molar-refractivity contribution in [2.45, 2.75) is 26.0 Å². The van der Waals surface area contributed by atoms with Gasteiger partial charge < -0.3 is 4.74 Å². The van der Waals surface area contributed by atoms with Crippen LogP contribution < -0.4 is 4.74 Å². The van der Waals surface area contributed by atoms with Gasteiger partial charge in [-0.25, -0.2) is 4.39 Å². The van der Waals surface area contributed by atoms with Gasteiger partial charge in [0.05, 0.1) is 6.61 Å².